The third-order valence-electron chi connectivity index (χ3n) is 3.89. The lowest BCUT2D eigenvalue weighted by Gasteiger charge is -2.42. The van der Waals surface area contributed by atoms with E-state index >= 15 is 0 Å². The summed E-state index contributed by atoms with van der Waals surface area (Å²) in [7, 11) is -7.05. The van der Waals surface area contributed by atoms with Crippen molar-refractivity contribution in [3.8, 4) is 0 Å². The van der Waals surface area contributed by atoms with Gasteiger partial charge in [-0.1, -0.05) is 26.0 Å². The van der Waals surface area contributed by atoms with Crippen molar-refractivity contribution < 1.29 is 25.2 Å². The molecule has 118 valence electrons. The van der Waals surface area contributed by atoms with Gasteiger partial charge >= 0.3 is 0 Å². The Kier molecular flexibility index (Phi) is 5.40. The van der Waals surface area contributed by atoms with Crippen LogP contribution in [0.25, 0.3) is 0 Å². The Bertz CT molecular complexity index is 563. The van der Waals surface area contributed by atoms with Gasteiger partial charge in [-0.15, -0.1) is 0 Å². The number of rotatable bonds is 6. The summed E-state index contributed by atoms with van der Waals surface area (Å²) in [4.78, 5) is 0. The molecule has 0 spiro atoms. The third-order valence-corrected chi connectivity index (χ3v) is 5.00. The van der Waals surface area contributed by atoms with Gasteiger partial charge in [0, 0.05) is 5.41 Å². The molecule has 6 nitrogen and oxygen atoms in total. The zero-order valence-electron chi connectivity index (χ0n) is 12.2. The Balaban J connectivity index is 2.87. The van der Waals surface area contributed by atoms with E-state index in [1.54, 1.807) is 0 Å². The summed E-state index contributed by atoms with van der Waals surface area (Å²) >= 11 is 0. The van der Waals surface area contributed by atoms with Crippen molar-refractivity contribution in [1.82, 2.24) is 0 Å². The molecule has 0 aromatic carbocycles. The largest absolute Gasteiger partial charge is 0.270 e. The van der Waals surface area contributed by atoms with E-state index in [0.717, 1.165) is 12.5 Å². The highest BCUT2D eigenvalue weighted by Crippen LogP contribution is 2.42. The Labute approximate surface area is 121 Å². The molecule has 1 unspecified atom stereocenters. The van der Waals surface area contributed by atoms with E-state index in [1.807, 2.05) is 26.0 Å². The van der Waals surface area contributed by atoms with Gasteiger partial charge in [-0.3, -0.25) is 8.37 Å². The zero-order valence-corrected chi connectivity index (χ0v) is 13.8. The lowest BCUT2D eigenvalue weighted by Crippen LogP contribution is -2.42. The summed E-state index contributed by atoms with van der Waals surface area (Å²) in [6.45, 7) is 3.88. The molecule has 1 rings (SSSR count). The minimum Gasteiger partial charge on any atom is -0.270 e. The maximum Gasteiger partial charge on any atom is 0.264 e. The minimum absolute atomic E-state index is 0.00906. The van der Waals surface area contributed by atoms with E-state index < -0.39 is 25.7 Å². The fraction of sp³-hybridized carbons (Fsp3) is 0.833. The third kappa shape index (κ3) is 5.16. The van der Waals surface area contributed by atoms with Gasteiger partial charge in [-0.25, -0.2) is 0 Å². The first-order valence-electron chi connectivity index (χ1n) is 6.29. The lowest BCUT2D eigenvalue weighted by atomic mass is 9.65. The molecule has 0 amide bonds. The molecular weight excluding hydrogens is 304 g/mol. The van der Waals surface area contributed by atoms with Crippen molar-refractivity contribution >= 4 is 20.2 Å². The first kappa shape index (κ1) is 17.6. The van der Waals surface area contributed by atoms with Crippen molar-refractivity contribution in [1.29, 1.82) is 0 Å². The summed E-state index contributed by atoms with van der Waals surface area (Å²) in [5.41, 5.74) is -0.498. The van der Waals surface area contributed by atoms with Crippen LogP contribution in [0.4, 0.5) is 0 Å². The van der Waals surface area contributed by atoms with Crippen LogP contribution < -0.4 is 0 Å². The van der Waals surface area contributed by atoms with Crippen LogP contribution in [0.2, 0.25) is 0 Å². The summed E-state index contributed by atoms with van der Waals surface area (Å²) in [5.74, 6) is -0.0647. The topological polar surface area (TPSA) is 86.7 Å². The van der Waals surface area contributed by atoms with Crippen LogP contribution >= 0.6 is 0 Å². The summed E-state index contributed by atoms with van der Waals surface area (Å²) in [6.07, 6.45) is 6.58. The molecule has 8 heteroatoms. The maximum absolute atomic E-state index is 11.2. The average Bonchev–Trinajstić information content (AvgIpc) is 2.27. The monoisotopic (exact) mass is 326 g/mol. The van der Waals surface area contributed by atoms with Gasteiger partial charge in [0.15, 0.2) is 0 Å². The molecule has 0 heterocycles. The zero-order chi connectivity index (χ0) is 15.6. The summed E-state index contributed by atoms with van der Waals surface area (Å²) in [5, 5.41) is 0. The molecule has 1 aliphatic rings. The summed E-state index contributed by atoms with van der Waals surface area (Å²) in [6, 6.07) is 0. The van der Waals surface area contributed by atoms with Gasteiger partial charge < -0.3 is 0 Å². The Morgan fingerprint density at radius 3 is 2.20 bits per heavy atom. The highest BCUT2D eigenvalue weighted by atomic mass is 32.2. The quantitative estimate of drug-likeness (QED) is 0.538. The second kappa shape index (κ2) is 6.13. The summed E-state index contributed by atoms with van der Waals surface area (Å²) < 4.78 is 54.4. The van der Waals surface area contributed by atoms with Gasteiger partial charge in [0.2, 0.25) is 0 Å². The number of allylic oxidation sites excluding steroid dienone is 2. The second-order valence-electron chi connectivity index (χ2n) is 5.61. The van der Waals surface area contributed by atoms with Gasteiger partial charge in [0.05, 0.1) is 25.7 Å². The Morgan fingerprint density at radius 1 is 1.15 bits per heavy atom. The second-order valence-corrected chi connectivity index (χ2v) is 8.90. The fourth-order valence-corrected chi connectivity index (χ4v) is 3.13. The van der Waals surface area contributed by atoms with Crippen LogP contribution in [0.3, 0.4) is 0 Å². The van der Waals surface area contributed by atoms with Crippen molar-refractivity contribution in [3.05, 3.63) is 12.2 Å². The number of hydrogen-bond donors (Lipinski definition) is 0. The maximum atomic E-state index is 11.2. The Morgan fingerprint density at radius 2 is 1.70 bits per heavy atom. The first-order valence-corrected chi connectivity index (χ1v) is 9.93. The van der Waals surface area contributed by atoms with Gasteiger partial charge in [-0.2, -0.15) is 16.8 Å². The molecule has 0 saturated heterocycles. The van der Waals surface area contributed by atoms with Gasteiger partial charge in [0.1, 0.15) is 0 Å². The molecule has 1 aliphatic carbocycles. The van der Waals surface area contributed by atoms with Crippen LogP contribution in [-0.2, 0) is 28.6 Å². The average molecular weight is 326 g/mol. The molecular formula is C12H22O6S2. The predicted octanol–water partition coefficient (Wildman–Crippen LogP) is 1.16. The molecule has 0 N–H and O–H groups in total. The van der Waals surface area contributed by atoms with Gasteiger partial charge in [-0.05, 0) is 18.3 Å². The Hall–Kier alpha value is -0.440. The normalized spacial score (nSPS) is 31.4. The first-order chi connectivity index (χ1) is 8.94. The van der Waals surface area contributed by atoms with E-state index in [2.05, 4.69) is 0 Å². The van der Waals surface area contributed by atoms with Crippen LogP contribution in [-0.4, -0.2) is 42.6 Å². The fourth-order valence-electron chi connectivity index (χ4n) is 2.26. The highest BCUT2D eigenvalue weighted by molar-refractivity contribution is 7.86. The van der Waals surface area contributed by atoms with Crippen molar-refractivity contribution in [2.45, 2.75) is 20.3 Å². The van der Waals surface area contributed by atoms with E-state index in [-0.39, 0.29) is 25.0 Å². The standard InChI is InChI=1S/C12H22O6S2/c1-10-6-5-7-11(8-17-19(3,13)14)12(10,2)9-18-20(4,15)16/h5-6,10-11H,7-9H2,1-4H3/t10-,11?,12-/m0/s1. The molecule has 3 atom stereocenters. The number of hydrogen-bond acceptors (Lipinski definition) is 6. The van der Waals surface area contributed by atoms with Gasteiger partial charge in [0.25, 0.3) is 20.2 Å². The van der Waals surface area contributed by atoms with Crippen LogP contribution in [0.5, 0.6) is 0 Å². The van der Waals surface area contributed by atoms with E-state index in [4.69, 9.17) is 8.37 Å². The van der Waals surface area contributed by atoms with Crippen molar-refractivity contribution in [3.63, 3.8) is 0 Å². The van der Waals surface area contributed by atoms with E-state index in [1.165, 1.54) is 0 Å². The molecule has 0 aliphatic heterocycles. The molecule has 0 aromatic heterocycles. The van der Waals surface area contributed by atoms with E-state index in [0.29, 0.717) is 6.42 Å². The molecule has 0 bridgehead atoms. The molecule has 0 aromatic rings. The van der Waals surface area contributed by atoms with Crippen LogP contribution in [0, 0.1) is 17.3 Å². The molecule has 0 radical (unpaired) electrons. The smallest absolute Gasteiger partial charge is 0.264 e. The van der Waals surface area contributed by atoms with Crippen LogP contribution in [0.1, 0.15) is 20.3 Å². The van der Waals surface area contributed by atoms with Crippen molar-refractivity contribution in [2.75, 3.05) is 25.7 Å². The van der Waals surface area contributed by atoms with E-state index in [9.17, 15) is 16.8 Å². The lowest BCUT2D eigenvalue weighted by molar-refractivity contribution is 0.0286. The molecule has 0 fully saturated rings. The highest BCUT2D eigenvalue weighted by Gasteiger charge is 2.41. The minimum atomic E-state index is -3.53. The SMILES string of the molecule is C[C@H]1C=CCC(COS(C)(=O)=O)[C@@]1(C)COS(C)(=O)=O. The molecule has 0 saturated carbocycles. The molecule has 20 heavy (non-hydrogen) atoms. The van der Waals surface area contributed by atoms with Crippen LogP contribution in [0.15, 0.2) is 12.2 Å². The van der Waals surface area contributed by atoms with Crippen molar-refractivity contribution in [2.24, 2.45) is 17.3 Å². The predicted molar refractivity (Wildman–Crippen MR) is 76.1 cm³/mol.